The van der Waals surface area contributed by atoms with Gasteiger partial charge in [0, 0.05) is 24.9 Å². The number of benzene rings is 1. The van der Waals surface area contributed by atoms with Gasteiger partial charge in [0.15, 0.2) is 9.84 Å². The highest BCUT2D eigenvalue weighted by molar-refractivity contribution is 7.91. The van der Waals surface area contributed by atoms with Crippen molar-refractivity contribution in [3.05, 3.63) is 24.3 Å². The van der Waals surface area contributed by atoms with Crippen LogP contribution in [0.3, 0.4) is 0 Å². The van der Waals surface area contributed by atoms with Crippen LogP contribution in [-0.4, -0.2) is 58.4 Å². The third kappa shape index (κ3) is 6.10. The van der Waals surface area contributed by atoms with Gasteiger partial charge in [0.25, 0.3) is 0 Å². The Bertz CT molecular complexity index is 751. The second-order valence-corrected chi connectivity index (χ2v) is 10.2. The molecule has 25 heavy (non-hydrogen) atoms. The molecule has 1 unspecified atom stereocenters. The predicted molar refractivity (Wildman–Crippen MR) is 99.5 cm³/mol. The van der Waals surface area contributed by atoms with Gasteiger partial charge in [-0.05, 0) is 37.1 Å². The number of hydrogen-bond acceptors (Lipinski definition) is 6. The van der Waals surface area contributed by atoms with E-state index in [4.69, 9.17) is 10.5 Å². The maximum atomic E-state index is 12.6. The van der Waals surface area contributed by atoms with Crippen LogP contribution in [0.4, 0.5) is 0 Å². The van der Waals surface area contributed by atoms with Gasteiger partial charge in [0.2, 0.25) is 10.0 Å². The summed E-state index contributed by atoms with van der Waals surface area (Å²) < 4.78 is 54.7. The van der Waals surface area contributed by atoms with E-state index in [1.165, 1.54) is 28.6 Å². The second-order valence-electron chi connectivity index (χ2n) is 5.82. The van der Waals surface area contributed by atoms with Crippen molar-refractivity contribution in [2.24, 2.45) is 5.73 Å². The van der Waals surface area contributed by atoms with E-state index in [0.717, 1.165) is 12.8 Å². The number of halogens is 1. The van der Waals surface area contributed by atoms with E-state index in [1.54, 1.807) is 6.92 Å². The van der Waals surface area contributed by atoms with Crippen molar-refractivity contribution in [1.82, 2.24) is 4.31 Å². The van der Waals surface area contributed by atoms with E-state index in [-0.39, 0.29) is 41.5 Å². The van der Waals surface area contributed by atoms with Crippen LogP contribution in [0.5, 0.6) is 5.75 Å². The molecule has 1 aromatic rings. The van der Waals surface area contributed by atoms with Crippen LogP contribution in [-0.2, 0) is 19.9 Å². The summed E-state index contributed by atoms with van der Waals surface area (Å²) in [7, 11) is -6.64. The average molecular weight is 413 g/mol. The van der Waals surface area contributed by atoms with Crippen LogP contribution < -0.4 is 10.5 Å². The number of piperidine rings is 1. The molecule has 0 amide bonds. The van der Waals surface area contributed by atoms with Gasteiger partial charge < -0.3 is 10.5 Å². The fourth-order valence-corrected chi connectivity index (χ4v) is 4.64. The quantitative estimate of drug-likeness (QED) is 0.716. The Kier molecular flexibility index (Phi) is 8.14. The number of sulfonamides is 1. The third-order valence-electron chi connectivity index (χ3n) is 3.98. The normalized spacial score (nSPS) is 19.2. The molecule has 2 rings (SSSR count). The van der Waals surface area contributed by atoms with Gasteiger partial charge in [-0.2, -0.15) is 4.31 Å². The molecule has 0 spiro atoms. The molecule has 7 nitrogen and oxygen atoms in total. The van der Waals surface area contributed by atoms with Crippen LogP contribution in [0.15, 0.2) is 29.2 Å². The maximum absolute atomic E-state index is 12.6. The fraction of sp³-hybridized carbons (Fsp3) is 0.600. The molecule has 2 N–H and O–H groups in total. The van der Waals surface area contributed by atoms with Crippen molar-refractivity contribution < 1.29 is 21.6 Å². The predicted octanol–water partition coefficient (Wildman–Crippen LogP) is 1.03. The highest BCUT2D eigenvalue weighted by Crippen LogP contribution is 2.22. The summed E-state index contributed by atoms with van der Waals surface area (Å²) in [6, 6.07) is 5.89. The van der Waals surface area contributed by atoms with Gasteiger partial charge in [-0.15, -0.1) is 12.4 Å². The molecule has 0 aromatic heterocycles. The molecule has 1 saturated heterocycles. The lowest BCUT2D eigenvalue weighted by atomic mass is 10.1. The molecular weight excluding hydrogens is 388 g/mol. The smallest absolute Gasteiger partial charge is 0.243 e. The molecule has 1 atom stereocenters. The van der Waals surface area contributed by atoms with Crippen molar-refractivity contribution in [3.8, 4) is 5.75 Å². The van der Waals surface area contributed by atoms with E-state index in [9.17, 15) is 16.8 Å². The minimum atomic E-state index is -3.56. The third-order valence-corrected chi connectivity index (χ3v) is 7.53. The average Bonchev–Trinajstić information content (AvgIpc) is 2.55. The molecule has 1 aromatic carbocycles. The van der Waals surface area contributed by atoms with E-state index < -0.39 is 19.9 Å². The van der Waals surface area contributed by atoms with Gasteiger partial charge in [-0.25, -0.2) is 16.8 Å². The highest BCUT2D eigenvalue weighted by atomic mass is 35.5. The Labute approximate surface area is 155 Å². The monoisotopic (exact) mass is 412 g/mol. The first kappa shape index (κ1) is 22.2. The van der Waals surface area contributed by atoms with Crippen LogP contribution in [0, 0.1) is 0 Å². The SMILES string of the molecule is CCS(=O)(=O)CCOc1ccc(S(=O)(=O)N2CCCC(N)C2)cc1.Cl. The van der Waals surface area contributed by atoms with Gasteiger partial charge in [0.05, 0.1) is 10.6 Å². The van der Waals surface area contributed by atoms with Crippen molar-refractivity contribution in [2.45, 2.75) is 30.7 Å². The van der Waals surface area contributed by atoms with Gasteiger partial charge >= 0.3 is 0 Å². The van der Waals surface area contributed by atoms with E-state index in [0.29, 0.717) is 18.8 Å². The van der Waals surface area contributed by atoms with Gasteiger partial charge in [-0.3, -0.25) is 0 Å². The molecule has 10 heteroatoms. The summed E-state index contributed by atoms with van der Waals surface area (Å²) in [4.78, 5) is 0.185. The molecule has 0 radical (unpaired) electrons. The zero-order valence-electron chi connectivity index (χ0n) is 14.1. The summed E-state index contributed by atoms with van der Waals surface area (Å²) in [5.74, 6) is 0.455. The minimum absolute atomic E-state index is 0. The number of nitrogens with two attached hydrogens (primary N) is 1. The van der Waals surface area contributed by atoms with Crippen LogP contribution in [0.1, 0.15) is 19.8 Å². The van der Waals surface area contributed by atoms with Crippen molar-refractivity contribution in [1.29, 1.82) is 0 Å². The summed E-state index contributed by atoms with van der Waals surface area (Å²) in [6.07, 6.45) is 1.59. The first-order valence-corrected chi connectivity index (χ1v) is 11.2. The second kappa shape index (κ2) is 9.18. The summed E-state index contributed by atoms with van der Waals surface area (Å²) in [5.41, 5.74) is 5.85. The number of sulfone groups is 1. The molecule has 1 aliphatic heterocycles. The Hall–Kier alpha value is -0.870. The van der Waals surface area contributed by atoms with Crippen LogP contribution in [0.2, 0.25) is 0 Å². The lowest BCUT2D eigenvalue weighted by Gasteiger charge is -2.29. The minimum Gasteiger partial charge on any atom is -0.493 e. The Morgan fingerprint density at radius 2 is 1.84 bits per heavy atom. The lowest BCUT2D eigenvalue weighted by molar-refractivity contribution is 0.316. The molecule has 0 bridgehead atoms. The van der Waals surface area contributed by atoms with Crippen molar-refractivity contribution >= 4 is 32.3 Å². The van der Waals surface area contributed by atoms with Gasteiger partial charge in [-0.1, -0.05) is 6.92 Å². The van der Waals surface area contributed by atoms with Crippen LogP contribution in [0.25, 0.3) is 0 Å². The summed E-state index contributed by atoms with van der Waals surface area (Å²) >= 11 is 0. The van der Waals surface area contributed by atoms with E-state index >= 15 is 0 Å². The first-order valence-electron chi connectivity index (χ1n) is 7.93. The van der Waals surface area contributed by atoms with E-state index in [1.807, 2.05) is 0 Å². The molecule has 0 saturated carbocycles. The molecule has 1 fully saturated rings. The standard InChI is InChI=1S/C15H24N2O5S2.ClH/c1-2-23(18,19)11-10-22-14-5-7-15(8-6-14)24(20,21)17-9-3-4-13(16)12-17;/h5-8,13H,2-4,9-12,16H2,1H3;1H. The fourth-order valence-electron chi connectivity index (χ4n) is 2.48. The maximum Gasteiger partial charge on any atom is 0.243 e. The summed E-state index contributed by atoms with van der Waals surface area (Å²) in [6.45, 7) is 2.43. The van der Waals surface area contributed by atoms with Crippen LogP contribution >= 0.6 is 12.4 Å². The molecular formula is C15H25ClN2O5S2. The summed E-state index contributed by atoms with van der Waals surface area (Å²) in [5, 5.41) is 0. The van der Waals surface area contributed by atoms with Crippen molar-refractivity contribution in [2.75, 3.05) is 31.2 Å². The van der Waals surface area contributed by atoms with Gasteiger partial charge in [0.1, 0.15) is 12.4 Å². The Balaban J connectivity index is 0.00000312. The largest absolute Gasteiger partial charge is 0.493 e. The first-order chi connectivity index (χ1) is 11.2. The van der Waals surface area contributed by atoms with E-state index in [2.05, 4.69) is 0 Å². The zero-order valence-corrected chi connectivity index (χ0v) is 16.6. The topological polar surface area (TPSA) is 107 Å². The number of hydrogen-bond donors (Lipinski definition) is 1. The number of nitrogens with zero attached hydrogens (tertiary/aromatic N) is 1. The molecule has 0 aliphatic carbocycles. The molecule has 144 valence electrons. The highest BCUT2D eigenvalue weighted by Gasteiger charge is 2.28. The zero-order chi connectivity index (χ0) is 17.8. The molecule has 1 heterocycles. The lowest BCUT2D eigenvalue weighted by Crippen LogP contribution is -2.45. The number of ether oxygens (including phenoxy) is 1. The Morgan fingerprint density at radius 1 is 1.20 bits per heavy atom. The number of rotatable bonds is 7. The van der Waals surface area contributed by atoms with Crippen molar-refractivity contribution in [3.63, 3.8) is 0 Å². The Morgan fingerprint density at radius 3 is 2.40 bits per heavy atom. The molecule has 1 aliphatic rings.